The zero-order chi connectivity index (χ0) is 92.4. The molecule has 0 aliphatic carbocycles. The third kappa shape index (κ3) is 13.1. The van der Waals surface area contributed by atoms with E-state index in [4.69, 9.17) is 30.3 Å². The van der Waals surface area contributed by atoms with Crippen LogP contribution < -0.4 is 22.8 Å². The van der Waals surface area contributed by atoms with Gasteiger partial charge in [-0.15, -0.1) is 0 Å². The van der Waals surface area contributed by atoms with E-state index >= 15 is 0 Å². The fraction of sp³-hybridized carbons (Fsp3) is 0.120. The second-order valence-corrected chi connectivity index (χ2v) is 32.2. The molecule has 0 aliphatic rings. The average molecular weight is 1680 g/mol. The fourth-order valence-corrected chi connectivity index (χ4v) is 18.7. The van der Waals surface area contributed by atoms with Gasteiger partial charge in [-0.3, -0.25) is 4.98 Å². The number of nitrogens with zero attached hydrogens (tertiary/aromatic N) is 15. The molecule has 128 heavy (non-hydrogen) atoms. The van der Waals surface area contributed by atoms with E-state index in [0.29, 0.717) is 40.0 Å². The molecule has 618 valence electrons. The molecule has 20 heteroatoms. The lowest BCUT2D eigenvalue weighted by molar-refractivity contribution is -0.663. The highest BCUT2D eigenvalue weighted by Crippen LogP contribution is 2.48. The molecule has 0 N–H and O–H groups in total. The van der Waals surface area contributed by atoms with Gasteiger partial charge in [0.05, 0.1) is 68.8 Å². The Bertz CT molecular complexity index is 8720. The van der Waals surface area contributed by atoms with Crippen molar-refractivity contribution in [3.8, 4) is 56.5 Å². The molecule has 15 aromatic heterocycles. The van der Waals surface area contributed by atoms with Gasteiger partial charge in [0.2, 0.25) is 40.0 Å². The second-order valence-electron chi connectivity index (χ2n) is 32.2. The zero-order valence-corrected chi connectivity index (χ0v) is 71.9. The van der Waals surface area contributed by atoms with Crippen molar-refractivity contribution in [1.82, 2.24) is 49.8 Å². The Morgan fingerprint density at radius 1 is 0.258 bits per heavy atom. The lowest BCUT2D eigenvalue weighted by Crippen LogP contribution is -2.32. The number of pyridine rings is 5. The number of furan rings is 5. The maximum Gasteiger partial charge on any atom is 0.334 e. The number of hydrogen-bond donors (Lipinski definition) is 0. The van der Waals surface area contributed by atoms with Gasteiger partial charge >= 0.3 is 11.6 Å². The summed E-state index contributed by atoms with van der Waals surface area (Å²) in [6, 6.07) is 65.8. The van der Waals surface area contributed by atoms with E-state index in [-0.39, 0.29) is 11.3 Å². The standard InChI is InChI=1S/3C22H18N3O.2C21H16N3O/c1-13-12-25(3)18(11-24-13)19-14(2)15-7-4-5-8-16(15)20-17-9-6-10-23-22(17)26-21(19)20;1-13-11-18(25(3)12-24-13)19-14(2)15-7-4-5-8-16(15)20-17-9-6-10-23-22(17)26-21(19)20;1-13-11-24-21(25(3)12-13)18-14(2)15-7-4-5-8-16(15)19-17-9-6-10-23-22(17)26-20(18)19;1-13-14-7-3-4-8-15(14)18-16-9-5-10-23-21(16)25-19(18)17(13)20-22-11-6-12-24(20)2;1-13-14-6-3-4-7-15(14)19-16-8-5-9-23-21(16)25-20(19)18(13)17-12-22-10-11-24(17)2/h3*4-12H,1-3H3;2*3-12H,1-2H3/q5*+1/i1D3;;1D3;;. The van der Waals surface area contributed by atoms with Gasteiger partial charge in [0.15, 0.2) is 40.4 Å². The number of aromatic nitrogens is 15. The highest BCUT2D eigenvalue weighted by molar-refractivity contribution is 6.27. The van der Waals surface area contributed by atoms with Gasteiger partial charge in [-0.05, 0) is 201 Å². The van der Waals surface area contributed by atoms with Gasteiger partial charge in [0.1, 0.15) is 54.6 Å². The predicted octanol–water partition coefficient (Wildman–Crippen LogP) is 22.6. The van der Waals surface area contributed by atoms with Crippen molar-refractivity contribution < 1.29 is 53.1 Å². The molecule has 20 nitrogen and oxygen atoms in total. The minimum atomic E-state index is -2.26. The summed E-state index contributed by atoms with van der Waals surface area (Å²) < 4.78 is 86.7. The van der Waals surface area contributed by atoms with Gasteiger partial charge in [0.25, 0.3) is 6.33 Å². The Kier molecular flexibility index (Phi) is 17.9. The molecule has 0 atom stereocenters. The van der Waals surface area contributed by atoms with Gasteiger partial charge in [0, 0.05) is 118 Å². The Labute approximate surface area is 742 Å². The van der Waals surface area contributed by atoms with Crippen LogP contribution in [0.25, 0.3) is 221 Å². The second kappa shape index (κ2) is 31.8. The highest BCUT2D eigenvalue weighted by atomic mass is 16.4. The first kappa shape index (κ1) is 72.1. The average Bonchev–Trinajstić information content (AvgIpc) is 1.56. The van der Waals surface area contributed by atoms with Crippen LogP contribution in [-0.2, 0) is 35.2 Å². The first-order valence-electron chi connectivity index (χ1n) is 45.0. The lowest BCUT2D eigenvalue weighted by atomic mass is 9.93. The number of rotatable bonds is 5. The number of benzene rings is 10. The first-order valence-corrected chi connectivity index (χ1v) is 42.0. The van der Waals surface area contributed by atoms with Crippen LogP contribution in [0.5, 0.6) is 0 Å². The van der Waals surface area contributed by atoms with Crippen molar-refractivity contribution >= 4 is 164 Å². The molecule has 0 bridgehead atoms. The molecule has 25 rings (SSSR count). The van der Waals surface area contributed by atoms with Crippen LogP contribution in [-0.4, -0.2) is 49.8 Å². The summed E-state index contributed by atoms with van der Waals surface area (Å²) >= 11 is 0. The SMILES string of the molecule is Cc1c(-c2cncc[n+]2C)c2oc3ncccc3c2c2ccccc12.Cc1c(-c2nccc[n+]2C)c2oc3ncccc3c2c2ccccc12.Cc1cc(-c2c(C)c3ccccc3c3c2oc2ncccc23)[n+](C)cn1.[2H]C([2H])([2H])c1c[n+](C)c(-c2c(C)c3ccccc3c3c2oc2ncccc23)cn1.[2H]C([2H])([2H])c1cnc(-c2c(C)c3ccccc3c3c2oc2ncccc23)[n+](C)c1. The van der Waals surface area contributed by atoms with Crippen LogP contribution in [0.2, 0.25) is 0 Å². The molecule has 0 spiro atoms. The first-order chi connectivity index (χ1) is 64.9. The normalized spacial score (nSPS) is 12.5. The Morgan fingerprint density at radius 2 is 0.602 bits per heavy atom. The van der Waals surface area contributed by atoms with Crippen molar-refractivity contribution in [2.75, 3.05) is 0 Å². The van der Waals surface area contributed by atoms with Crippen molar-refractivity contribution in [2.45, 2.75) is 55.2 Å². The van der Waals surface area contributed by atoms with Crippen LogP contribution >= 0.6 is 0 Å². The number of hydrogen-bond acceptors (Lipinski definition) is 15. The van der Waals surface area contributed by atoms with Gasteiger partial charge in [-0.25, -0.2) is 43.6 Å². The quantitative estimate of drug-likeness (QED) is 0.147. The zero-order valence-electron chi connectivity index (χ0n) is 77.9. The van der Waals surface area contributed by atoms with E-state index in [2.05, 4.69) is 203 Å². The molecule has 25 aromatic rings. The van der Waals surface area contributed by atoms with E-state index in [1.54, 1.807) is 72.0 Å². The Hall–Kier alpha value is -16.4. The molecule has 0 radical (unpaired) electrons. The Balaban J connectivity index is 0.000000101. The smallest absolute Gasteiger partial charge is 0.334 e. The predicted molar refractivity (Wildman–Crippen MR) is 505 cm³/mol. The Morgan fingerprint density at radius 3 is 0.961 bits per heavy atom. The highest BCUT2D eigenvalue weighted by Gasteiger charge is 2.32. The van der Waals surface area contributed by atoms with Gasteiger partial charge in [-0.2, -0.15) is 9.13 Å². The van der Waals surface area contributed by atoms with Crippen molar-refractivity contribution in [3.63, 3.8) is 0 Å². The maximum absolute atomic E-state index is 7.65. The summed E-state index contributed by atoms with van der Waals surface area (Å²) in [7, 11) is 9.68. The van der Waals surface area contributed by atoms with E-state index in [9.17, 15) is 0 Å². The monoisotopic (exact) mass is 1680 g/mol. The van der Waals surface area contributed by atoms with Gasteiger partial charge < -0.3 is 22.1 Å². The van der Waals surface area contributed by atoms with Crippen LogP contribution in [0.4, 0.5) is 0 Å². The molecule has 15 heterocycles. The summed E-state index contributed by atoms with van der Waals surface area (Å²) in [5.41, 5.74) is 21.9. The van der Waals surface area contributed by atoms with Crippen LogP contribution in [0.1, 0.15) is 53.0 Å². The molecular weight excluding hydrogens is 1590 g/mol. The molecule has 10 aromatic carbocycles. The molecule has 0 fully saturated rings. The molecule has 0 saturated heterocycles. The molecule has 0 saturated carbocycles. The summed E-state index contributed by atoms with van der Waals surface area (Å²) in [6.45, 7) is 8.07. The van der Waals surface area contributed by atoms with Crippen molar-refractivity contribution in [3.05, 3.63) is 332 Å². The van der Waals surface area contributed by atoms with Crippen LogP contribution in [0.15, 0.2) is 309 Å². The van der Waals surface area contributed by atoms with Crippen molar-refractivity contribution in [1.29, 1.82) is 0 Å². The molecule has 0 unspecified atom stereocenters. The summed E-state index contributed by atoms with van der Waals surface area (Å²) in [5.74, 6) is 1.53. The third-order valence-electron chi connectivity index (χ3n) is 24.6. The van der Waals surface area contributed by atoms with Gasteiger partial charge in [-0.1, -0.05) is 126 Å². The minimum absolute atomic E-state index is 0.0599. The molecule has 0 aliphatic heterocycles. The lowest BCUT2D eigenvalue weighted by Gasteiger charge is -2.11. The van der Waals surface area contributed by atoms with E-state index in [1.165, 1.54) is 49.6 Å². The van der Waals surface area contributed by atoms with E-state index in [1.807, 2.05) is 155 Å². The number of fused-ring (bicyclic) bond motifs is 25. The molecular formula is C108H86N15O5+5. The summed E-state index contributed by atoms with van der Waals surface area (Å²) in [5, 5.41) is 22.0. The fourth-order valence-electron chi connectivity index (χ4n) is 18.7. The maximum atomic E-state index is 7.65. The van der Waals surface area contributed by atoms with Crippen LogP contribution in [0.3, 0.4) is 0 Å². The summed E-state index contributed by atoms with van der Waals surface area (Å²) in [4.78, 5) is 44.2. The number of aryl methyl sites for hydroxylation is 13. The minimum Gasteiger partial charge on any atom is -0.437 e. The van der Waals surface area contributed by atoms with E-state index < -0.39 is 13.7 Å². The van der Waals surface area contributed by atoms with E-state index in [0.717, 1.165) is 171 Å². The summed E-state index contributed by atoms with van der Waals surface area (Å²) in [6.07, 6.45) is 26.2. The third-order valence-corrected chi connectivity index (χ3v) is 24.6. The van der Waals surface area contributed by atoms with Crippen molar-refractivity contribution in [2.24, 2.45) is 35.2 Å². The molecule has 0 amide bonds. The van der Waals surface area contributed by atoms with Crippen LogP contribution in [0, 0.1) is 55.2 Å². The topological polar surface area (TPSA) is 214 Å². The largest absolute Gasteiger partial charge is 0.437 e.